The second kappa shape index (κ2) is 14.8. The number of hydrogen-bond acceptors (Lipinski definition) is 8. The van der Waals surface area contributed by atoms with Crippen molar-refractivity contribution in [1.82, 2.24) is 19.9 Å². The highest BCUT2D eigenvalue weighted by molar-refractivity contribution is 6.90. The van der Waals surface area contributed by atoms with Gasteiger partial charge in [-0.05, 0) is 79.7 Å². The van der Waals surface area contributed by atoms with E-state index in [9.17, 15) is 4.79 Å². The summed E-state index contributed by atoms with van der Waals surface area (Å²) in [6.07, 6.45) is 6.42. The molecule has 2 aliphatic rings. The lowest BCUT2D eigenvalue weighted by molar-refractivity contribution is 0.0864. The van der Waals surface area contributed by atoms with Crippen molar-refractivity contribution in [3.8, 4) is 11.5 Å². The fourth-order valence-corrected chi connectivity index (χ4v) is 12.5. The van der Waals surface area contributed by atoms with E-state index in [2.05, 4.69) is 110 Å². The summed E-state index contributed by atoms with van der Waals surface area (Å²) in [5.41, 5.74) is 8.63. The molecule has 1 saturated carbocycles. The first-order valence-electron chi connectivity index (χ1n) is 17.0. The molecule has 46 heavy (non-hydrogen) atoms. The topological polar surface area (TPSA) is 95.5 Å². The van der Waals surface area contributed by atoms with Crippen molar-refractivity contribution < 1.29 is 9.53 Å². The Balaban J connectivity index is 1.45. The highest BCUT2D eigenvalue weighted by atomic mass is 28.3. The van der Waals surface area contributed by atoms with Crippen LogP contribution in [0.4, 0.5) is 27.9 Å². The molecule has 3 aromatic rings. The van der Waals surface area contributed by atoms with Gasteiger partial charge in [0.2, 0.25) is 5.95 Å². The maximum Gasteiger partial charge on any atom is 0.413 e. The number of piperazine rings is 1. The number of ether oxygens (including phenoxy) is 1. The van der Waals surface area contributed by atoms with Crippen LogP contribution in [-0.2, 0) is 4.74 Å². The molecule has 2 fully saturated rings. The van der Waals surface area contributed by atoms with Gasteiger partial charge in [0.15, 0.2) is 5.65 Å². The van der Waals surface area contributed by atoms with Gasteiger partial charge in [0, 0.05) is 49.3 Å². The molecule has 246 valence electrons. The zero-order valence-corrected chi connectivity index (χ0v) is 29.7. The highest BCUT2D eigenvalue weighted by Crippen LogP contribution is 2.41. The van der Waals surface area contributed by atoms with Crippen LogP contribution >= 0.6 is 0 Å². The Hall–Kier alpha value is -3.68. The second-order valence-corrected chi connectivity index (χ2v) is 19.5. The molecule has 1 amide bonds. The minimum atomic E-state index is -2.01. The van der Waals surface area contributed by atoms with Crippen LogP contribution in [0.25, 0.3) is 11.0 Å². The van der Waals surface area contributed by atoms with Crippen LogP contribution in [0.1, 0.15) is 79.2 Å². The zero-order valence-electron chi connectivity index (χ0n) is 28.7. The molecule has 9 nitrogen and oxygen atoms in total. The molecule has 0 bridgehead atoms. The van der Waals surface area contributed by atoms with Crippen LogP contribution in [0.3, 0.4) is 0 Å². The number of nitrogens with one attached hydrogen (secondary N) is 2. The van der Waals surface area contributed by atoms with Crippen LogP contribution in [-0.4, -0.2) is 73.3 Å². The number of likely N-dealkylation sites (N-methyl/N-ethyl adjacent to an activating group) is 1. The van der Waals surface area contributed by atoms with Crippen LogP contribution in [0.2, 0.25) is 16.6 Å². The van der Waals surface area contributed by atoms with Crippen LogP contribution in [0.5, 0.6) is 0 Å². The Labute approximate surface area is 275 Å². The second-order valence-electron chi connectivity index (χ2n) is 13.9. The van der Waals surface area contributed by atoms with Crippen LogP contribution in [0, 0.1) is 11.5 Å². The van der Waals surface area contributed by atoms with E-state index in [1.54, 1.807) is 6.20 Å². The summed E-state index contributed by atoms with van der Waals surface area (Å²) in [5, 5.41) is 6.98. The van der Waals surface area contributed by atoms with E-state index < -0.39 is 14.2 Å². The Bertz CT molecular complexity index is 1530. The van der Waals surface area contributed by atoms with Crippen molar-refractivity contribution >= 4 is 48.3 Å². The molecule has 1 aromatic carbocycles. The van der Waals surface area contributed by atoms with Gasteiger partial charge < -0.3 is 19.9 Å². The predicted octanol–water partition coefficient (Wildman–Crippen LogP) is 7.97. The van der Waals surface area contributed by atoms with E-state index in [0.717, 1.165) is 68.5 Å². The summed E-state index contributed by atoms with van der Waals surface area (Å²) in [4.78, 5) is 31.9. The SMILES string of the molecule is CC(C)[Si](C#Cc1cc(NC(=O)OC2CCCCC2)nc2nc(Nc3ccc(N4CCN(C)CC4)cc3)ncc12)(C(C)C)C(C)C. The largest absolute Gasteiger partial charge is 0.446 e. The lowest BCUT2D eigenvalue weighted by Crippen LogP contribution is -2.44. The Morgan fingerprint density at radius 2 is 1.59 bits per heavy atom. The molecule has 0 spiro atoms. The number of nitrogens with zero attached hydrogens (tertiary/aromatic N) is 5. The van der Waals surface area contributed by atoms with Gasteiger partial charge in [0.1, 0.15) is 20.0 Å². The normalized spacial score (nSPS) is 16.5. The molecule has 10 heteroatoms. The maximum absolute atomic E-state index is 12.9. The quantitative estimate of drug-likeness (QED) is 0.189. The van der Waals surface area contributed by atoms with Crippen LogP contribution < -0.4 is 15.5 Å². The molecule has 1 aliphatic carbocycles. The number of hydrogen-bond donors (Lipinski definition) is 2. The van der Waals surface area contributed by atoms with Gasteiger partial charge in [-0.15, -0.1) is 5.54 Å². The first kappa shape index (κ1) is 33.7. The van der Waals surface area contributed by atoms with E-state index in [1.165, 1.54) is 12.1 Å². The first-order chi connectivity index (χ1) is 22.0. The molecule has 0 radical (unpaired) electrons. The van der Waals surface area contributed by atoms with E-state index in [1.807, 2.05) is 6.07 Å². The lowest BCUT2D eigenvalue weighted by Gasteiger charge is -2.38. The average molecular weight is 642 g/mol. The Morgan fingerprint density at radius 1 is 0.935 bits per heavy atom. The number of pyridine rings is 1. The maximum atomic E-state index is 12.9. The molecule has 0 unspecified atom stereocenters. The summed E-state index contributed by atoms with van der Waals surface area (Å²) in [7, 11) is 0.153. The average Bonchev–Trinajstić information content (AvgIpc) is 3.02. The first-order valence-corrected chi connectivity index (χ1v) is 19.3. The molecule has 2 N–H and O–H groups in total. The van der Waals surface area contributed by atoms with Gasteiger partial charge in [-0.25, -0.2) is 14.8 Å². The standard InChI is InChI=1S/C36H51N7O2Si/c1-25(2)46(26(3)4,27(5)6)22-17-28-23-33(40-36(44)45-31-11-9-8-10-12-31)39-34-32(28)24-37-35(41-34)38-29-13-15-30(16-14-29)43-20-18-42(7)19-21-43/h13-16,23-27,31H,8-12,18-21H2,1-7H3,(H2,37,38,39,40,41,44). The van der Waals surface area contributed by atoms with Crippen molar-refractivity contribution in [3.63, 3.8) is 0 Å². The molecule has 5 rings (SSSR count). The van der Waals surface area contributed by atoms with E-state index in [-0.39, 0.29) is 6.10 Å². The van der Waals surface area contributed by atoms with E-state index in [0.29, 0.717) is 34.0 Å². The molecule has 1 aliphatic heterocycles. The fraction of sp³-hybridized carbons (Fsp3) is 0.556. The van der Waals surface area contributed by atoms with Gasteiger partial charge in [0.25, 0.3) is 0 Å². The molecule has 0 atom stereocenters. The van der Waals surface area contributed by atoms with Gasteiger partial charge in [0.05, 0.1) is 5.39 Å². The Morgan fingerprint density at radius 3 is 2.22 bits per heavy atom. The molecular weight excluding hydrogens is 591 g/mol. The monoisotopic (exact) mass is 641 g/mol. The van der Waals surface area contributed by atoms with E-state index >= 15 is 0 Å². The number of carbonyl (C=O) groups excluding carboxylic acids is 1. The summed E-state index contributed by atoms with van der Waals surface area (Å²) in [6.45, 7) is 18.0. The molecule has 2 aromatic heterocycles. The molecule has 1 saturated heterocycles. The smallest absolute Gasteiger partial charge is 0.413 e. The van der Waals surface area contributed by atoms with Crippen molar-refractivity contribution in [3.05, 3.63) is 42.1 Å². The van der Waals surface area contributed by atoms with E-state index in [4.69, 9.17) is 14.7 Å². The highest BCUT2D eigenvalue weighted by Gasteiger charge is 2.41. The number of benzene rings is 1. The van der Waals surface area contributed by atoms with Gasteiger partial charge in [-0.2, -0.15) is 4.98 Å². The summed E-state index contributed by atoms with van der Waals surface area (Å²) in [6, 6.07) is 10.2. The summed E-state index contributed by atoms with van der Waals surface area (Å²) >= 11 is 0. The van der Waals surface area contributed by atoms with Crippen molar-refractivity contribution in [2.75, 3.05) is 48.8 Å². The van der Waals surface area contributed by atoms with Crippen molar-refractivity contribution in [2.24, 2.45) is 0 Å². The molecule has 3 heterocycles. The van der Waals surface area contributed by atoms with Crippen molar-refractivity contribution in [2.45, 2.75) is 96.4 Å². The Kier molecular flexibility index (Phi) is 10.8. The third kappa shape index (κ3) is 7.81. The zero-order chi connectivity index (χ0) is 32.8. The number of rotatable bonds is 8. The number of fused-ring (bicyclic) bond motifs is 1. The third-order valence-corrected chi connectivity index (χ3v) is 16.2. The van der Waals surface area contributed by atoms with Gasteiger partial charge in [-0.1, -0.05) is 53.9 Å². The minimum Gasteiger partial charge on any atom is -0.446 e. The summed E-state index contributed by atoms with van der Waals surface area (Å²) < 4.78 is 5.75. The predicted molar refractivity (Wildman–Crippen MR) is 192 cm³/mol. The number of amides is 1. The number of aromatic nitrogens is 3. The third-order valence-electron chi connectivity index (χ3n) is 9.89. The lowest BCUT2D eigenvalue weighted by atomic mass is 9.98. The van der Waals surface area contributed by atoms with Gasteiger partial charge in [-0.3, -0.25) is 5.32 Å². The number of carbonyl (C=O) groups is 1. The van der Waals surface area contributed by atoms with Crippen molar-refractivity contribution in [1.29, 1.82) is 0 Å². The minimum absolute atomic E-state index is 0.0519. The molecular formula is C36H51N7O2Si. The fourth-order valence-electron chi connectivity index (χ4n) is 7.26. The number of anilines is 4. The van der Waals surface area contributed by atoms with Gasteiger partial charge >= 0.3 is 6.09 Å². The van der Waals surface area contributed by atoms with Crippen LogP contribution in [0.15, 0.2) is 36.5 Å². The summed E-state index contributed by atoms with van der Waals surface area (Å²) in [5.74, 6) is 4.36.